The maximum absolute atomic E-state index is 5.34. The van der Waals surface area contributed by atoms with E-state index in [1.165, 1.54) is 29.7 Å². The molecule has 4 nitrogen and oxygen atoms in total. The Morgan fingerprint density at radius 3 is 3.04 bits per heavy atom. The van der Waals surface area contributed by atoms with Gasteiger partial charge in [0.15, 0.2) is 5.11 Å². The summed E-state index contributed by atoms with van der Waals surface area (Å²) in [5.41, 5.74) is 4.03. The number of aryl methyl sites for hydroxylation is 2. The molecule has 2 heterocycles. The quantitative estimate of drug-likeness (QED) is 0.644. The van der Waals surface area contributed by atoms with Gasteiger partial charge in [-0.25, -0.2) is 4.98 Å². The Morgan fingerprint density at radius 2 is 2.17 bits per heavy atom. The van der Waals surface area contributed by atoms with E-state index in [4.69, 9.17) is 12.2 Å². The summed E-state index contributed by atoms with van der Waals surface area (Å²) >= 11 is 5.34. The molecule has 24 heavy (non-hydrogen) atoms. The number of aromatic nitrogens is 1. The van der Waals surface area contributed by atoms with Crippen molar-refractivity contribution in [3.8, 4) is 0 Å². The number of pyridine rings is 1. The molecule has 126 valence electrons. The lowest BCUT2D eigenvalue weighted by Gasteiger charge is -2.31. The number of anilines is 2. The van der Waals surface area contributed by atoms with Crippen molar-refractivity contribution in [2.24, 2.45) is 0 Å². The molecule has 0 aliphatic carbocycles. The van der Waals surface area contributed by atoms with Crippen molar-refractivity contribution in [3.05, 3.63) is 53.7 Å². The van der Waals surface area contributed by atoms with Crippen molar-refractivity contribution in [1.82, 2.24) is 10.3 Å². The molecule has 0 fully saturated rings. The first-order valence-corrected chi connectivity index (χ1v) is 8.93. The SMILES string of the molecule is Cc1ccnc(NC(=S)NCCCN2CCCc3ccccc32)c1. The van der Waals surface area contributed by atoms with E-state index < -0.39 is 0 Å². The number of nitrogens with one attached hydrogen (secondary N) is 2. The van der Waals surface area contributed by atoms with Crippen LogP contribution in [0.4, 0.5) is 11.5 Å². The zero-order valence-corrected chi connectivity index (χ0v) is 14.9. The molecule has 2 aromatic rings. The van der Waals surface area contributed by atoms with Crippen LogP contribution in [0.1, 0.15) is 24.0 Å². The first-order valence-electron chi connectivity index (χ1n) is 8.53. The summed E-state index contributed by atoms with van der Waals surface area (Å²) in [6.45, 7) is 5.10. The predicted octanol–water partition coefficient (Wildman–Crippen LogP) is 3.52. The number of fused-ring (bicyclic) bond motifs is 1. The average molecular weight is 340 g/mol. The second kappa shape index (κ2) is 8.11. The minimum Gasteiger partial charge on any atom is -0.371 e. The van der Waals surface area contributed by atoms with Crippen LogP contribution in [0.25, 0.3) is 0 Å². The predicted molar refractivity (Wildman–Crippen MR) is 105 cm³/mol. The fraction of sp³-hybridized carbons (Fsp3) is 0.368. The molecule has 0 bridgehead atoms. The zero-order chi connectivity index (χ0) is 16.8. The highest BCUT2D eigenvalue weighted by molar-refractivity contribution is 7.80. The van der Waals surface area contributed by atoms with Crippen LogP contribution in [0.5, 0.6) is 0 Å². The van der Waals surface area contributed by atoms with E-state index in [1.54, 1.807) is 6.20 Å². The second-order valence-electron chi connectivity index (χ2n) is 6.17. The number of hydrogen-bond acceptors (Lipinski definition) is 3. The first-order chi connectivity index (χ1) is 11.7. The Kier molecular flexibility index (Phi) is 5.64. The first kappa shape index (κ1) is 16.7. The molecule has 0 radical (unpaired) electrons. The summed E-state index contributed by atoms with van der Waals surface area (Å²) in [6.07, 6.45) is 5.28. The van der Waals surface area contributed by atoms with Gasteiger partial charge in [-0.05, 0) is 67.7 Å². The molecule has 0 atom stereocenters. The molecule has 0 saturated heterocycles. The minimum atomic E-state index is 0.632. The Morgan fingerprint density at radius 1 is 1.29 bits per heavy atom. The molecule has 1 aromatic heterocycles. The summed E-state index contributed by atoms with van der Waals surface area (Å²) in [6, 6.07) is 12.7. The number of thiocarbonyl (C=S) groups is 1. The summed E-state index contributed by atoms with van der Waals surface area (Å²) in [5.74, 6) is 0.789. The third kappa shape index (κ3) is 4.45. The fourth-order valence-corrected chi connectivity index (χ4v) is 3.29. The van der Waals surface area contributed by atoms with Crippen molar-refractivity contribution in [2.45, 2.75) is 26.2 Å². The molecule has 0 unspecified atom stereocenters. The van der Waals surface area contributed by atoms with Crippen molar-refractivity contribution < 1.29 is 0 Å². The van der Waals surface area contributed by atoms with Crippen molar-refractivity contribution >= 4 is 28.8 Å². The lowest BCUT2D eigenvalue weighted by molar-refractivity contribution is 0.658. The number of hydrogen-bond donors (Lipinski definition) is 2. The van der Waals surface area contributed by atoms with Crippen molar-refractivity contribution in [3.63, 3.8) is 0 Å². The Balaban J connectivity index is 1.42. The van der Waals surface area contributed by atoms with Gasteiger partial charge in [-0.15, -0.1) is 0 Å². The average Bonchev–Trinajstić information content (AvgIpc) is 2.59. The molecule has 0 amide bonds. The van der Waals surface area contributed by atoms with Crippen molar-refractivity contribution in [1.29, 1.82) is 0 Å². The number of nitrogens with zero attached hydrogens (tertiary/aromatic N) is 2. The third-order valence-electron chi connectivity index (χ3n) is 4.25. The Labute approximate surface area is 149 Å². The largest absolute Gasteiger partial charge is 0.371 e. The smallest absolute Gasteiger partial charge is 0.171 e. The summed E-state index contributed by atoms with van der Waals surface area (Å²) < 4.78 is 0. The van der Waals surface area contributed by atoms with Gasteiger partial charge in [-0.3, -0.25) is 0 Å². The zero-order valence-electron chi connectivity index (χ0n) is 14.1. The maximum Gasteiger partial charge on any atom is 0.171 e. The lowest BCUT2D eigenvalue weighted by Crippen LogP contribution is -2.34. The van der Waals surface area contributed by atoms with Crippen LogP contribution in [0.15, 0.2) is 42.6 Å². The standard InChI is InChI=1S/C19H24N4S/c1-15-9-11-20-18(14-15)22-19(24)21-10-5-13-23-12-4-7-16-6-2-3-8-17(16)23/h2-3,6,8-9,11,14H,4-5,7,10,12-13H2,1H3,(H2,20,21,22,24). The molecule has 5 heteroatoms. The van der Waals surface area contributed by atoms with Crippen LogP contribution >= 0.6 is 12.2 Å². The summed E-state index contributed by atoms with van der Waals surface area (Å²) in [7, 11) is 0. The molecule has 2 N–H and O–H groups in total. The summed E-state index contributed by atoms with van der Waals surface area (Å²) in [4.78, 5) is 6.74. The van der Waals surface area contributed by atoms with E-state index in [9.17, 15) is 0 Å². The molecular formula is C19H24N4S. The molecule has 1 aromatic carbocycles. The van der Waals surface area contributed by atoms with Crippen LogP contribution in [0, 0.1) is 6.92 Å². The van der Waals surface area contributed by atoms with E-state index in [1.807, 2.05) is 19.1 Å². The van der Waals surface area contributed by atoms with Crippen molar-refractivity contribution in [2.75, 3.05) is 29.9 Å². The van der Waals surface area contributed by atoms with Gasteiger partial charge in [-0.1, -0.05) is 18.2 Å². The number of benzene rings is 1. The maximum atomic E-state index is 5.34. The van der Waals surface area contributed by atoms with Crippen LogP contribution in [0.3, 0.4) is 0 Å². The van der Waals surface area contributed by atoms with E-state index in [-0.39, 0.29) is 0 Å². The van der Waals surface area contributed by atoms with Gasteiger partial charge in [0.1, 0.15) is 5.82 Å². The number of rotatable bonds is 5. The topological polar surface area (TPSA) is 40.2 Å². The van der Waals surface area contributed by atoms with Gasteiger partial charge in [-0.2, -0.15) is 0 Å². The van der Waals surface area contributed by atoms with E-state index in [2.05, 4.69) is 44.8 Å². The molecular weight excluding hydrogens is 316 g/mol. The third-order valence-corrected chi connectivity index (χ3v) is 4.50. The molecule has 3 rings (SSSR count). The van der Waals surface area contributed by atoms with E-state index in [0.717, 1.165) is 31.9 Å². The minimum absolute atomic E-state index is 0.632. The van der Waals surface area contributed by atoms with Gasteiger partial charge < -0.3 is 15.5 Å². The second-order valence-corrected chi connectivity index (χ2v) is 6.58. The Bertz CT molecular complexity index is 701. The van der Waals surface area contributed by atoms with Crippen LogP contribution in [0.2, 0.25) is 0 Å². The van der Waals surface area contributed by atoms with Gasteiger partial charge in [0, 0.05) is 31.5 Å². The highest BCUT2D eigenvalue weighted by atomic mass is 32.1. The number of para-hydroxylation sites is 1. The van der Waals surface area contributed by atoms with Gasteiger partial charge >= 0.3 is 0 Å². The van der Waals surface area contributed by atoms with Gasteiger partial charge in [0.05, 0.1) is 0 Å². The molecule has 0 spiro atoms. The molecule has 1 aliphatic heterocycles. The van der Waals surface area contributed by atoms with Gasteiger partial charge in [0.2, 0.25) is 0 Å². The lowest BCUT2D eigenvalue weighted by atomic mass is 10.0. The summed E-state index contributed by atoms with van der Waals surface area (Å²) in [5, 5.41) is 7.03. The van der Waals surface area contributed by atoms with Crippen LogP contribution in [-0.2, 0) is 6.42 Å². The van der Waals surface area contributed by atoms with E-state index in [0.29, 0.717) is 5.11 Å². The van der Waals surface area contributed by atoms with E-state index >= 15 is 0 Å². The fourth-order valence-electron chi connectivity index (χ4n) is 3.08. The Hall–Kier alpha value is -2.14. The highest BCUT2D eigenvalue weighted by Crippen LogP contribution is 2.26. The van der Waals surface area contributed by atoms with Gasteiger partial charge in [0.25, 0.3) is 0 Å². The normalized spacial score (nSPS) is 13.3. The highest BCUT2D eigenvalue weighted by Gasteiger charge is 2.15. The van der Waals surface area contributed by atoms with Crippen LogP contribution < -0.4 is 15.5 Å². The monoisotopic (exact) mass is 340 g/mol. The van der Waals surface area contributed by atoms with Crippen LogP contribution in [-0.4, -0.2) is 29.7 Å². The molecule has 1 aliphatic rings. The molecule has 0 saturated carbocycles.